The molecule has 4 heterocycles. The lowest BCUT2D eigenvalue weighted by Gasteiger charge is -2.20. The Morgan fingerprint density at radius 1 is 0.968 bits per heavy atom. The van der Waals surface area contributed by atoms with Crippen molar-refractivity contribution in [1.29, 1.82) is 0 Å². The summed E-state index contributed by atoms with van der Waals surface area (Å²) in [6.07, 6.45) is 9.13. The lowest BCUT2D eigenvalue weighted by atomic mass is 9.93. The van der Waals surface area contributed by atoms with Gasteiger partial charge in [0.1, 0.15) is 0 Å². The van der Waals surface area contributed by atoms with Crippen molar-refractivity contribution in [1.82, 2.24) is 25.3 Å². The molecule has 1 saturated heterocycles. The molecule has 3 aromatic heterocycles. The predicted octanol–water partition coefficient (Wildman–Crippen LogP) is 3.07. The van der Waals surface area contributed by atoms with E-state index < -0.39 is 0 Å². The van der Waals surface area contributed by atoms with Crippen LogP contribution in [-0.4, -0.2) is 45.1 Å². The van der Waals surface area contributed by atoms with Gasteiger partial charge in [-0.25, -0.2) is 9.97 Å². The second kappa shape index (κ2) is 8.57. The number of carbonyl (C=O) groups excluding carboxylic acids is 1. The van der Waals surface area contributed by atoms with Crippen molar-refractivity contribution in [2.75, 3.05) is 13.2 Å². The minimum atomic E-state index is -0.196. The number of para-hydroxylation sites is 1. The third-order valence-electron chi connectivity index (χ3n) is 5.57. The van der Waals surface area contributed by atoms with Gasteiger partial charge in [-0.1, -0.05) is 18.2 Å². The van der Waals surface area contributed by atoms with Gasteiger partial charge in [0.25, 0.3) is 5.91 Å². The van der Waals surface area contributed by atoms with Gasteiger partial charge in [0.05, 0.1) is 30.3 Å². The lowest BCUT2D eigenvalue weighted by Crippen LogP contribution is -2.40. The first-order chi connectivity index (χ1) is 15.3. The molecule has 7 heteroatoms. The Hall–Kier alpha value is -3.71. The molecule has 0 aliphatic carbocycles. The predicted molar refractivity (Wildman–Crippen MR) is 116 cm³/mol. The zero-order valence-corrected chi connectivity index (χ0v) is 16.8. The Bertz CT molecular complexity index is 1190. The van der Waals surface area contributed by atoms with Crippen LogP contribution in [0.3, 0.4) is 0 Å². The van der Waals surface area contributed by atoms with Gasteiger partial charge in [-0.2, -0.15) is 0 Å². The van der Waals surface area contributed by atoms with Crippen molar-refractivity contribution >= 4 is 16.8 Å². The van der Waals surface area contributed by atoms with Crippen LogP contribution in [0, 0.1) is 5.92 Å². The van der Waals surface area contributed by atoms with Gasteiger partial charge in [-0.15, -0.1) is 0 Å². The summed E-state index contributed by atoms with van der Waals surface area (Å²) in [5.41, 5.74) is 3.42. The Labute approximate surface area is 179 Å². The molecule has 4 aromatic rings. The summed E-state index contributed by atoms with van der Waals surface area (Å²) in [4.78, 5) is 29.9. The van der Waals surface area contributed by atoms with Gasteiger partial charge < -0.3 is 10.1 Å². The highest BCUT2D eigenvalue weighted by molar-refractivity contribution is 5.94. The van der Waals surface area contributed by atoms with E-state index in [-0.39, 0.29) is 17.9 Å². The van der Waals surface area contributed by atoms with Gasteiger partial charge in [0, 0.05) is 47.9 Å². The highest BCUT2D eigenvalue weighted by Crippen LogP contribution is 2.24. The zero-order valence-electron chi connectivity index (χ0n) is 16.8. The molecule has 0 unspecified atom stereocenters. The van der Waals surface area contributed by atoms with Crippen LogP contribution in [0.15, 0.2) is 73.4 Å². The summed E-state index contributed by atoms with van der Waals surface area (Å²) in [6.45, 7) is 1.10. The minimum absolute atomic E-state index is 0.0718. The third-order valence-corrected chi connectivity index (χ3v) is 5.57. The van der Waals surface area contributed by atoms with Crippen LogP contribution in [0.1, 0.15) is 15.9 Å². The first-order valence-electron chi connectivity index (χ1n) is 10.2. The molecule has 2 atom stereocenters. The summed E-state index contributed by atoms with van der Waals surface area (Å²) in [7, 11) is 0. The number of pyridine rings is 2. The van der Waals surface area contributed by atoms with E-state index in [4.69, 9.17) is 4.74 Å². The van der Waals surface area contributed by atoms with Gasteiger partial charge in [0.2, 0.25) is 0 Å². The molecule has 5 rings (SSSR count). The number of hydrogen-bond acceptors (Lipinski definition) is 6. The van der Waals surface area contributed by atoms with E-state index in [9.17, 15) is 4.79 Å². The number of rotatable bonds is 5. The van der Waals surface area contributed by atoms with Crippen LogP contribution in [0.2, 0.25) is 0 Å². The molecule has 0 bridgehead atoms. The second-order valence-corrected chi connectivity index (χ2v) is 7.61. The fourth-order valence-electron chi connectivity index (χ4n) is 3.92. The molecule has 1 aliphatic rings. The number of carbonyl (C=O) groups is 1. The van der Waals surface area contributed by atoms with E-state index in [1.165, 1.54) is 5.56 Å². The molecule has 1 aliphatic heterocycles. The highest BCUT2D eigenvalue weighted by Gasteiger charge is 2.30. The molecular formula is C24H21N5O2. The van der Waals surface area contributed by atoms with E-state index in [2.05, 4.69) is 31.3 Å². The molecule has 154 valence electrons. The average Bonchev–Trinajstić information content (AvgIpc) is 3.26. The molecule has 1 aromatic carbocycles. The summed E-state index contributed by atoms with van der Waals surface area (Å²) < 4.78 is 5.70. The topological polar surface area (TPSA) is 89.9 Å². The van der Waals surface area contributed by atoms with Crippen LogP contribution < -0.4 is 5.32 Å². The first kappa shape index (κ1) is 19.3. The van der Waals surface area contributed by atoms with E-state index >= 15 is 0 Å². The van der Waals surface area contributed by atoms with Gasteiger partial charge in [0.15, 0.2) is 5.82 Å². The molecule has 7 nitrogen and oxygen atoms in total. The Balaban J connectivity index is 1.28. The second-order valence-electron chi connectivity index (χ2n) is 7.61. The number of benzene rings is 1. The van der Waals surface area contributed by atoms with Crippen molar-refractivity contribution in [2.45, 2.75) is 12.5 Å². The molecule has 0 radical (unpaired) electrons. The third kappa shape index (κ3) is 4.13. The van der Waals surface area contributed by atoms with E-state index in [0.717, 1.165) is 22.9 Å². The monoisotopic (exact) mass is 411 g/mol. The fraction of sp³-hybridized carbons (Fsp3) is 0.208. The number of ether oxygens (including phenoxy) is 1. The standard InChI is InChI=1S/C24H21N5O2/c30-24(19-12-27-23(28-13-19)17-4-3-8-25-11-17)29-22-15-31-14-18(22)10-16-7-9-26-21-6-2-1-5-20(16)21/h1-9,11-13,18,22H,10,14-15H2,(H,29,30)/t18-,22-/m1/s1. The van der Waals surface area contributed by atoms with Crippen LogP contribution >= 0.6 is 0 Å². The number of hydrogen-bond donors (Lipinski definition) is 1. The quantitative estimate of drug-likeness (QED) is 0.543. The average molecular weight is 411 g/mol. The van der Waals surface area contributed by atoms with Gasteiger partial charge in [-0.3, -0.25) is 14.8 Å². The lowest BCUT2D eigenvalue weighted by molar-refractivity contribution is 0.0924. The number of amides is 1. The van der Waals surface area contributed by atoms with Crippen molar-refractivity contribution in [2.24, 2.45) is 5.92 Å². The van der Waals surface area contributed by atoms with Crippen molar-refractivity contribution in [3.8, 4) is 11.4 Å². The van der Waals surface area contributed by atoms with Crippen LogP contribution in [0.5, 0.6) is 0 Å². The summed E-state index contributed by atoms with van der Waals surface area (Å²) in [5, 5.41) is 4.24. The SMILES string of the molecule is O=C(N[C@@H]1COC[C@H]1Cc1ccnc2ccccc12)c1cnc(-c2cccnc2)nc1. The molecule has 0 spiro atoms. The van der Waals surface area contributed by atoms with Crippen molar-refractivity contribution in [3.63, 3.8) is 0 Å². The molecule has 0 saturated carbocycles. The summed E-state index contributed by atoms with van der Waals surface area (Å²) in [6, 6.07) is 13.8. The maximum atomic E-state index is 12.8. The zero-order chi connectivity index (χ0) is 21.0. The highest BCUT2D eigenvalue weighted by atomic mass is 16.5. The van der Waals surface area contributed by atoms with Crippen LogP contribution in [0.25, 0.3) is 22.3 Å². The van der Waals surface area contributed by atoms with Crippen LogP contribution in [-0.2, 0) is 11.2 Å². The number of nitrogens with zero attached hydrogens (tertiary/aromatic N) is 4. The van der Waals surface area contributed by atoms with Crippen molar-refractivity contribution in [3.05, 3.63) is 84.6 Å². The maximum Gasteiger partial charge on any atom is 0.254 e. The smallest absolute Gasteiger partial charge is 0.254 e. The van der Waals surface area contributed by atoms with Gasteiger partial charge >= 0.3 is 0 Å². The van der Waals surface area contributed by atoms with E-state index in [0.29, 0.717) is 24.6 Å². The summed E-state index contributed by atoms with van der Waals surface area (Å²) >= 11 is 0. The Morgan fingerprint density at radius 3 is 2.68 bits per heavy atom. The Morgan fingerprint density at radius 2 is 1.84 bits per heavy atom. The fourth-order valence-corrected chi connectivity index (χ4v) is 3.92. The molecule has 31 heavy (non-hydrogen) atoms. The largest absolute Gasteiger partial charge is 0.379 e. The van der Waals surface area contributed by atoms with Gasteiger partial charge in [-0.05, 0) is 36.2 Å². The molecule has 1 amide bonds. The van der Waals surface area contributed by atoms with Crippen molar-refractivity contribution < 1.29 is 9.53 Å². The maximum absolute atomic E-state index is 12.8. The van der Waals surface area contributed by atoms with Crippen LogP contribution in [0.4, 0.5) is 0 Å². The van der Waals surface area contributed by atoms with E-state index in [1.807, 2.05) is 42.6 Å². The summed E-state index contributed by atoms with van der Waals surface area (Å²) in [5.74, 6) is 0.527. The normalized spacial score (nSPS) is 18.2. The Kier molecular flexibility index (Phi) is 5.33. The molecule has 1 fully saturated rings. The number of nitrogens with one attached hydrogen (secondary N) is 1. The molecular weight excluding hydrogens is 390 g/mol. The molecule has 1 N–H and O–H groups in total. The van der Waals surface area contributed by atoms with E-state index in [1.54, 1.807) is 24.8 Å². The first-order valence-corrected chi connectivity index (χ1v) is 10.2. The minimum Gasteiger partial charge on any atom is -0.379 e. The number of fused-ring (bicyclic) bond motifs is 1. The number of aromatic nitrogens is 4.